The van der Waals surface area contributed by atoms with E-state index >= 15 is 0 Å². The number of aliphatic imine (C=N–C) groups is 1. The van der Waals surface area contributed by atoms with Crippen molar-refractivity contribution in [2.75, 3.05) is 6.54 Å². The molecule has 5 nitrogen and oxygen atoms in total. The molecular formula is C15H21N5. The highest BCUT2D eigenvalue weighted by molar-refractivity contribution is 5.78. The number of hydrogen-bond donors (Lipinski definition) is 2. The third-order valence-corrected chi connectivity index (χ3v) is 4.07. The number of fused-ring (bicyclic) bond motifs is 1. The van der Waals surface area contributed by atoms with Crippen LogP contribution in [0, 0.1) is 5.92 Å². The zero-order valence-electron chi connectivity index (χ0n) is 11.8. The Morgan fingerprint density at radius 3 is 2.95 bits per heavy atom. The molecule has 0 radical (unpaired) electrons. The summed E-state index contributed by atoms with van der Waals surface area (Å²) in [5.74, 6) is 2.23. The third-order valence-electron chi connectivity index (χ3n) is 4.07. The largest absolute Gasteiger partial charge is 0.370 e. The summed E-state index contributed by atoms with van der Waals surface area (Å²) in [6.07, 6.45) is 3.97. The Morgan fingerprint density at radius 2 is 2.25 bits per heavy atom. The van der Waals surface area contributed by atoms with Crippen LogP contribution in [0.15, 0.2) is 29.3 Å². The lowest BCUT2D eigenvalue weighted by Gasteiger charge is -2.25. The minimum Gasteiger partial charge on any atom is -0.370 e. The van der Waals surface area contributed by atoms with Crippen LogP contribution in [-0.4, -0.2) is 22.1 Å². The van der Waals surface area contributed by atoms with Crippen molar-refractivity contribution in [2.24, 2.45) is 23.7 Å². The molecule has 0 aliphatic heterocycles. The zero-order chi connectivity index (χ0) is 13.9. The molecule has 1 aliphatic rings. The number of imidazole rings is 1. The number of nitrogens with two attached hydrogens (primary N) is 1. The maximum atomic E-state index is 5.89. The van der Waals surface area contributed by atoms with E-state index in [0.717, 1.165) is 29.3 Å². The normalized spacial score (nSPS) is 16.4. The molecule has 106 valence electrons. The first-order chi connectivity index (χ1) is 9.74. The number of benzene rings is 1. The molecule has 1 aromatic heterocycles. The van der Waals surface area contributed by atoms with Crippen LogP contribution in [0.1, 0.15) is 25.1 Å². The van der Waals surface area contributed by atoms with E-state index in [1.54, 1.807) is 0 Å². The van der Waals surface area contributed by atoms with Crippen molar-refractivity contribution in [3.05, 3.63) is 30.1 Å². The van der Waals surface area contributed by atoms with Crippen LogP contribution in [0.4, 0.5) is 0 Å². The monoisotopic (exact) mass is 271 g/mol. The minimum absolute atomic E-state index is 0.509. The molecule has 1 fully saturated rings. The first kappa shape index (κ1) is 13.0. The molecule has 1 aliphatic carbocycles. The fourth-order valence-electron chi connectivity index (χ4n) is 2.49. The number of nitrogens with one attached hydrogen (secondary N) is 1. The van der Waals surface area contributed by atoms with E-state index in [4.69, 9.17) is 5.73 Å². The van der Waals surface area contributed by atoms with Crippen molar-refractivity contribution < 1.29 is 0 Å². The van der Waals surface area contributed by atoms with Crippen molar-refractivity contribution in [1.29, 1.82) is 0 Å². The molecule has 3 rings (SSSR count). The van der Waals surface area contributed by atoms with Crippen LogP contribution in [0.3, 0.4) is 0 Å². The molecule has 2 aromatic rings. The Hall–Kier alpha value is -2.04. The topological polar surface area (TPSA) is 68.2 Å². The Bertz CT molecular complexity index is 624. The average molecular weight is 271 g/mol. The molecule has 5 heteroatoms. The van der Waals surface area contributed by atoms with Gasteiger partial charge in [-0.05, 0) is 30.9 Å². The van der Waals surface area contributed by atoms with Crippen LogP contribution in [0.2, 0.25) is 0 Å². The smallest absolute Gasteiger partial charge is 0.189 e. The summed E-state index contributed by atoms with van der Waals surface area (Å²) < 4.78 is 2.07. The molecule has 1 saturated carbocycles. The summed E-state index contributed by atoms with van der Waals surface area (Å²) in [5.41, 5.74) is 8.02. The average Bonchev–Trinajstić information content (AvgIpc) is 2.72. The Balaban J connectivity index is 1.64. The van der Waals surface area contributed by atoms with Crippen LogP contribution in [0.25, 0.3) is 11.0 Å². The van der Waals surface area contributed by atoms with Gasteiger partial charge in [0.2, 0.25) is 0 Å². The predicted octanol–water partition coefficient (Wildman–Crippen LogP) is 1.78. The van der Waals surface area contributed by atoms with Crippen LogP contribution in [0.5, 0.6) is 0 Å². The van der Waals surface area contributed by atoms with Crippen LogP contribution >= 0.6 is 0 Å². The quantitative estimate of drug-likeness (QED) is 0.658. The van der Waals surface area contributed by atoms with Gasteiger partial charge in [0.05, 0.1) is 11.0 Å². The van der Waals surface area contributed by atoms with Gasteiger partial charge >= 0.3 is 0 Å². The second-order valence-electron chi connectivity index (χ2n) is 5.46. The molecule has 0 spiro atoms. The Morgan fingerprint density at radius 1 is 1.45 bits per heavy atom. The van der Waals surface area contributed by atoms with Gasteiger partial charge in [0.25, 0.3) is 0 Å². The number of guanidine groups is 1. The first-order valence-corrected chi connectivity index (χ1v) is 7.18. The number of nitrogens with zero attached hydrogens (tertiary/aromatic N) is 3. The lowest BCUT2D eigenvalue weighted by atomic mass is 9.85. The van der Waals surface area contributed by atoms with E-state index in [2.05, 4.69) is 25.9 Å². The first-order valence-electron chi connectivity index (χ1n) is 7.18. The highest BCUT2D eigenvalue weighted by Gasteiger charge is 2.16. The van der Waals surface area contributed by atoms with E-state index in [0.29, 0.717) is 12.5 Å². The molecule has 0 amide bonds. The van der Waals surface area contributed by atoms with Gasteiger partial charge in [-0.1, -0.05) is 18.6 Å². The van der Waals surface area contributed by atoms with Gasteiger partial charge < -0.3 is 15.6 Å². The number of hydrogen-bond acceptors (Lipinski definition) is 2. The lowest BCUT2D eigenvalue weighted by Crippen LogP contribution is -2.37. The predicted molar refractivity (Wildman–Crippen MR) is 81.4 cm³/mol. The molecule has 0 atom stereocenters. The van der Waals surface area contributed by atoms with Crippen LogP contribution in [-0.2, 0) is 13.6 Å². The van der Waals surface area contributed by atoms with Gasteiger partial charge in [0.15, 0.2) is 5.96 Å². The third kappa shape index (κ3) is 2.61. The summed E-state index contributed by atoms with van der Waals surface area (Å²) in [7, 11) is 2.01. The van der Waals surface area contributed by atoms with Crippen molar-refractivity contribution in [3.8, 4) is 0 Å². The highest BCUT2D eigenvalue weighted by atomic mass is 15.1. The van der Waals surface area contributed by atoms with Crippen molar-refractivity contribution in [2.45, 2.75) is 25.8 Å². The summed E-state index contributed by atoms with van der Waals surface area (Å²) in [4.78, 5) is 8.96. The van der Waals surface area contributed by atoms with Gasteiger partial charge in [-0.15, -0.1) is 0 Å². The zero-order valence-corrected chi connectivity index (χ0v) is 11.8. The summed E-state index contributed by atoms with van der Waals surface area (Å²) in [6.45, 7) is 1.45. The SMILES string of the molecule is Cn1c(CN=C(N)NCC2CCC2)nc2ccccc21. The fraction of sp³-hybridized carbons (Fsp3) is 0.467. The molecular weight excluding hydrogens is 250 g/mol. The van der Waals surface area contributed by atoms with Gasteiger partial charge in [-0.25, -0.2) is 9.98 Å². The van der Waals surface area contributed by atoms with E-state index in [1.165, 1.54) is 19.3 Å². The van der Waals surface area contributed by atoms with E-state index in [9.17, 15) is 0 Å². The molecule has 0 unspecified atom stereocenters. The van der Waals surface area contributed by atoms with Gasteiger partial charge in [0.1, 0.15) is 12.4 Å². The number of aryl methyl sites for hydroxylation is 1. The molecule has 3 N–H and O–H groups in total. The van der Waals surface area contributed by atoms with Gasteiger partial charge in [-0.3, -0.25) is 0 Å². The molecule has 1 aromatic carbocycles. The van der Waals surface area contributed by atoms with Gasteiger partial charge in [-0.2, -0.15) is 0 Å². The summed E-state index contributed by atoms with van der Waals surface area (Å²) in [5, 5.41) is 3.20. The van der Waals surface area contributed by atoms with E-state index in [1.807, 2.05) is 25.2 Å². The van der Waals surface area contributed by atoms with Gasteiger partial charge in [0, 0.05) is 13.6 Å². The number of para-hydroxylation sites is 2. The standard InChI is InChI=1S/C15H21N5/c1-20-13-8-3-2-7-12(13)19-14(20)10-18-15(16)17-9-11-5-4-6-11/h2-3,7-8,11H,4-6,9-10H2,1H3,(H3,16,17,18). The van der Waals surface area contributed by atoms with E-state index in [-0.39, 0.29) is 0 Å². The summed E-state index contributed by atoms with van der Waals surface area (Å²) >= 11 is 0. The fourth-order valence-corrected chi connectivity index (χ4v) is 2.49. The Kier molecular flexibility index (Phi) is 3.58. The molecule has 20 heavy (non-hydrogen) atoms. The lowest BCUT2D eigenvalue weighted by molar-refractivity contribution is 0.315. The highest BCUT2D eigenvalue weighted by Crippen LogP contribution is 2.25. The molecule has 1 heterocycles. The second-order valence-corrected chi connectivity index (χ2v) is 5.46. The molecule has 0 saturated heterocycles. The van der Waals surface area contributed by atoms with Crippen molar-refractivity contribution in [1.82, 2.24) is 14.9 Å². The van der Waals surface area contributed by atoms with Crippen LogP contribution < -0.4 is 11.1 Å². The Labute approximate surface area is 118 Å². The van der Waals surface area contributed by atoms with Crippen molar-refractivity contribution >= 4 is 17.0 Å². The van der Waals surface area contributed by atoms with E-state index < -0.39 is 0 Å². The summed E-state index contributed by atoms with van der Waals surface area (Å²) in [6, 6.07) is 8.09. The maximum absolute atomic E-state index is 5.89. The maximum Gasteiger partial charge on any atom is 0.189 e. The second kappa shape index (κ2) is 5.53. The molecule has 0 bridgehead atoms. The van der Waals surface area contributed by atoms with Crippen molar-refractivity contribution in [3.63, 3.8) is 0 Å². The number of aromatic nitrogens is 2. The minimum atomic E-state index is 0.509. The number of rotatable bonds is 4.